The van der Waals surface area contributed by atoms with Gasteiger partial charge < -0.3 is 9.26 Å². The molecule has 0 aliphatic carbocycles. The summed E-state index contributed by atoms with van der Waals surface area (Å²) in [4.78, 5) is 19.0. The van der Waals surface area contributed by atoms with Crippen LogP contribution in [0.4, 0.5) is 4.39 Å². The molecular weight excluding hydrogens is 417 g/mol. The van der Waals surface area contributed by atoms with Crippen molar-refractivity contribution in [2.45, 2.75) is 38.6 Å². The highest BCUT2D eigenvalue weighted by Crippen LogP contribution is 2.36. The Hall–Kier alpha value is -2.58. The lowest BCUT2D eigenvalue weighted by Crippen LogP contribution is -2.35. The van der Waals surface area contributed by atoms with Crippen LogP contribution in [-0.2, 0) is 16.1 Å². The topological polar surface area (TPSA) is 68.5 Å². The summed E-state index contributed by atoms with van der Waals surface area (Å²) in [5, 5.41) is 8.07. The molecule has 1 saturated heterocycles. The maximum absolute atomic E-state index is 13.4. The fourth-order valence-electron chi connectivity index (χ4n) is 4.20. The molecule has 2 aromatic heterocycles. The Bertz CT molecular complexity index is 966. The molecule has 8 heteroatoms. The van der Waals surface area contributed by atoms with Crippen LogP contribution in [0, 0.1) is 11.7 Å². The summed E-state index contributed by atoms with van der Waals surface area (Å²) >= 11 is 1.60. The van der Waals surface area contributed by atoms with Crippen LogP contribution in [0.3, 0.4) is 0 Å². The first-order valence-corrected chi connectivity index (χ1v) is 11.5. The van der Waals surface area contributed by atoms with Crippen LogP contribution in [0.25, 0.3) is 11.4 Å². The number of halogens is 1. The zero-order valence-corrected chi connectivity index (χ0v) is 18.3. The molecule has 1 aromatic carbocycles. The number of carbonyl (C=O) groups excluding carboxylic acids is 1. The molecule has 1 unspecified atom stereocenters. The van der Waals surface area contributed by atoms with E-state index in [9.17, 15) is 9.18 Å². The molecule has 3 heterocycles. The SMILES string of the molecule is CCOC(=O)CC(c1ccc(F)cc1)C1CCN(Cc2nc(-c3ccsc3)no2)CC1. The number of likely N-dealkylation sites (tertiary alicyclic amines) is 1. The van der Waals surface area contributed by atoms with Crippen molar-refractivity contribution in [2.75, 3.05) is 19.7 Å². The smallest absolute Gasteiger partial charge is 0.306 e. The second-order valence-electron chi connectivity index (χ2n) is 7.80. The zero-order valence-electron chi connectivity index (χ0n) is 17.5. The molecule has 4 rings (SSSR count). The van der Waals surface area contributed by atoms with Gasteiger partial charge >= 0.3 is 5.97 Å². The minimum absolute atomic E-state index is 0.0235. The van der Waals surface area contributed by atoms with Gasteiger partial charge in [0.2, 0.25) is 11.7 Å². The van der Waals surface area contributed by atoms with E-state index in [1.165, 1.54) is 12.1 Å². The standard InChI is InChI=1S/C23H26FN3O3S/c1-2-29-22(28)13-20(16-3-5-19(24)6-4-16)17-7-10-27(11-8-17)14-21-25-23(26-30-21)18-9-12-31-15-18/h3-6,9,12,15,17,20H,2,7-8,10-11,13-14H2,1H3. The molecule has 31 heavy (non-hydrogen) atoms. The lowest BCUT2D eigenvalue weighted by atomic mass is 9.78. The van der Waals surface area contributed by atoms with E-state index in [0.717, 1.165) is 37.1 Å². The number of hydrogen-bond acceptors (Lipinski definition) is 7. The van der Waals surface area contributed by atoms with Gasteiger partial charge in [-0.25, -0.2) is 4.39 Å². The second kappa shape index (κ2) is 10.2. The van der Waals surface area contributed by atoms with Gasteiger partial charge in [0.15, 0.2) is 0 Å². The Kier molecular flexibility index (Phi) is 7.09. The summed E-state index contributed by atoms with van der Waals surface area (Å²) in [7, 11) is 0. The predicted octanol–water partition coefficient (Wildman–Crippen LogP) is 4.89. The van der Waals surface area contributed by atoms with Crippen LogP contribution in [0.1, 0.15) is 43.6 Å². The van der Waals surface area contributed by atoms with E-state index < -0.39 is 0 Å². The van der Waals surface area contributed by atoms with Gasteiger partial charge in [-0.1, -0.05) is 17.3 Å². The molecule has 0 radical (unpaired) electrons. The van der Waals surface area contributed by atoms with Crippen molar-refractivity contribution in [3.63, 3.8) is 0 Å². The van der Waals surface area contributed by atoms with Crippen LogP contribution in [0.5, 0.6) is 0 Å². The quantitative estimate of drug-likeness (QED) is 0.462. The third kappa shape index (κ3) is 5.57. The van der Waals surface area contributed by atoms with Crippen LogP contribution < -0.4 is 0 Å². The highest BCUT2D eigenvalue weighted by Gasteiger charge is 2.30. The van der Waals surface area contributed by atoms with E-state index in [2.05, 4.69) is 15.0 Å². The number of carbonyl (C=O) groups is 1. The van der Waals surface area contributed by atoms with Gasteiger partial charge in [-0.2, -0.15) is 16.3 Å². The lowest BCUT2D eigenvalue weighted by Gasteiger charge is -2.35. The molecule has 0 N–H and O–H groups in total. The number of benzene rings is 1. The molecule has 1 aliphatic heterocycles. The normalized spacial score (nSPS) is 16.3. The van der Waals surface area contributed by atoms with Crippen molar-refractivity contribution < 1.29 is 18.4 Å². The van der Waals surface area contributed by atoms with E-state index in [0.29, 0.717) is 37.2 Å². The highest BCUT2D eigenvalue weighted by atomic mass is 32.1. The van der Waals surface area contributed by atoms with Crippen molar-refractivity contribution in [2.24, 2.45) is 5.92 Å². The first-order valence-electron chi connectivity index (χ1n) is 10.6. The summed E-state index contributed by atoms with van der Waals surface area (Å²) in [6.07, 6.45) is 2.19. The van der Waals surface area contributed by atoms with E-state index in [4.69, 9.17) is 9.26 Å². The molecule has 1 atom stereocenters. The largest absolute Gasteiger partial charge is 0.466 e. The Balaban J connectivity index is 1.37. The van der Waals surface area contributed by atoms with Crippen molar-refractivity contribution in [3.8, 4) is 11.4 Å². The predicted molar refractivity (Wildman–Crippen MR) is 116 cm³/mol. The first kappa shape index (κ1) is 21.6. The maximum atomic E-state index is 13.4. The van der Waals surface area contributed by atoms with Gasteiger partial charge in [-0.15, -0.1) is 0 Å². The number of piperidine rings is 1. The van der Waals surface area contributed by atoms with Crippen LogP contribution in [-0.4, -0.2) is 40.7 Å². The molecule has 0 bridgehead atoms. The lowest BCUT2D eigenvalue weighted by molar-refractivity contribution is -0.144. The summed E-state index contributed by atoms with van der Waals surface area (Å²) in [6.45, 7) is 4.54. The number of hydrogen-bond donors (Lipinski definition) is 0. The van der Waals surface area contributed by atoms with Crippen LogP contribution >= 0.6 is 11.3 Å². The number of rotatable bonds is 8. The molecule has 1 aliphatic rings. The van der Waals surface area contributed by atoms with E-state index in [1.807, 2.05) is 23.8 Å². The average molecular weight is 444 g/mol. The minimum atomic E-state index is -0.269. The van der Waals surface area contributed by atoms with E-state index in [-0.39, 0.29) is 17.7 Å². The van der Waals surface area contributed by atoms with Crippen molar-refractivity contribution >= 4 is 17.3 Å². The van der Waals surface area contributed by atoms with Gasteiger partial charge in [0, 0.05) is 10.9 Å². The van der Waals surface area contributed by atoms with Gasteiger partial charge in [0.25, 0.3) is 0 Å². The molecular formula is C23H26FN3O3S. The monoisotopic (exact) mass is 443 g/mol. The molecule has 1 fully saturated rings. The summed E-state index contributed by atoms with van der Waals surface area (Å²) in [6, 6.07) is 8.47. The molecule has 3 aromatic rings. The van der Waals surface area contributed by atoms with E-state index >= 15 is 0 Å². The second-order valence-corrected chi connectivity index (χ2v) is 8.58. The Morgan fingerprint density at radius 3 is 2.74 bits per heavy atom. The molecule has 0 saturated carbocycles. The maximum Gasteiger partial charge on any atom is 0.306 e. The molecule has 0 amide bonds. The Labute approximate surface area is 185 Å². The summed E-state index contributed by atoms with van der Waals surface area (Å²) < 4.78 is 24.0. The highest BCUT2D eigenvalue weighted by molar-refractivity contribution is 7.08. The number of aromatic nitrogens is 2. The van der Waals surface area contributed by atoms with Gasteiger partial charge in [-0.05, 0) is 73.8 Å². The fraction of sp³-hybridized carbons (Fsp3) is 0.435. The number of ether oxygens (including phenoxy) is 1. The molecule has 164 valence electrons. The fourth-order valence-corrected chi connectivity index (χ4v) is 4.83. The number of nitrogens with zero attached hydrogens (tertiary/aromatic N) is 3. The number of thiophene rings is 1. The minimum Gasteiger partial charge on any atom is -0.466 e. The Morgan fingerprint density at radius 2 is 2.06 bits per heavy atom. The summed E-state index contributed by atoms with van der Waals surface area (Å²) in [5.74, 6) is 1.12. The summed E-state index contributed by atoms with van der Waals surface area (Å²) in [5.41, 5.74) is 1.96. The van der Waals surface area contributed by atoms with Crippen molar-refractivity contribution in [1.82, 2.24) is 15.0 Å². The zero-order chi connectivity index (χ0) is 21.6. The van der Waals surface area contributed by atoms with Crippen LogP contribution in [0.2, 0.25) is 0 Å². The number of esters is 1. The molecule has 0 spiro atoms. The van der Waals surface area contributed by atoms with Crippen molar-refractivity contribution in [3.05, 3.63) is 58.4 Å². The third-order valence-corrected chi connectivity index (χ3v) is 6.48. The first-order chi connectivity index (χ1) is 15.1. The van der Waals surface area contributed by atoms with Gasteiger partial charge in [-0.3, -0.25) is 9.69 Å². The van der Waals surface area contributed by atoms with Crippen LogP contribution in [0.15, 0.2) is 45.6 Å². The van der Waals surface area contributed by atoms with Crippen molar-refractivity contribution in [1.29, 1.82) is 0 Å². The molecule has 6 nitrogen and oxygen atoms in total. The van der Waals surface area contributed by atoms with Gasteiger partial charge in [0.05, 0.1) is 19.6 Å². The Morgan fingerprint density at radius 1 is 1.29 bits per heavy atom. The van der Waals surface area contributed by atoms with E-state index in [1.54, 1.807) is 23.5 Å². The van der Waals surface area contributed by atoms with Gasteiger partial charge in [0.1, 0.15) is 5.82 Å². The average Bonchev–Trinajstić information content (AvgIpc) is 3.46. The third-order valence-electron chi connectivity index (χ3n) is 5.80.